The normalized spacial score (nSPS) is 23.0. The SMILES string of the molecule is CNC(=O)C1CN(C(=O)CC2=CCCCC2)CC1c1nc(COC)no1. The van der Waals surface area contributed by atoms with Gasteiger partial charge in [-0.25, -0.2) is 0 Å². The summed E-state index contributed by atoms with van der Waals surface area (Å²) in [4.78, 5) is 31.1. The van der Waals surface area contributed by atoms with Gasteiger partial charge in [-0.15, -0.1) is 0 Å². The van der Waals surface area contributed by atoms with Gasteiger partial charge in [0, 0.05) is 33.7 Å². The molecule has 1 aliphatic heterocycles. The van der Waals surface area contributed by atoms with Crippen LogP contribution >= 0.6 is 0 Å². The molecule has 2 atom stereocenters. The van der Waals surface area contributed by atoms with Crippen LogP contribution in [-0.2, 0) is 20.9 Å². The predicted molar refractivity (Wildman–Crippen MR) is 93.1 cm³/mol. The molecule has 1 aliphatic carbocycles. The van der Waals surface area contributed by atoms with Crippen molar-refractivity contribution in [1.29, 1.82) is 0 Å². The highest BCUT2D eigenvalue weighted by atomic mass is 16.5. The van der Waals surface area contributed by atoms with E-state index in [1.165, 1.54) is 12.0 Å². The molecule has 3 rings (SSSR count). The number of nitrogens with one attached hydrogen (secondary N) is 1. The zero-order chi connectivity index (χ0) is 18.5. The molecule has 0 saturated carbocycles. The first-order valence-electron chi connectivity index (χ1n) is 9.11. The minimum Gasteiger partial charge on any atom is -0.377 e. The predicted octanol–water partition coefficient (Wildman–Crippen LogP) is 1.39. The van der Waals surface area contributed by atoms with Gasteiger partial charge >= 0.3 is 0 Å². The van der Waals surface area contributed by atoms with Gasteiger partial charge in [0.15, 0.2) is 5.82 Å². The number of amides is 2. The molecule has 2 unspecified atom stereocenters. The fraction of sp³-hybridized carbons (Fsp3) is 0.667. The molecule has 0 spiro atoms. The Bertz CT molecular complexity index is 684. The Hall–Kier alpha value is -2.22. The van der Waals surface area contributed by atoms with Crippen molar-refractivity contribution < 1.29 is 18.8 Å². The first kappa shape index (κ1) is 18.6. The average Bonchev–Trinajstić information content (AvgIpc) is 3.29. The van der Waals surface area contributed by atoms with E-state index in [9.17, 15) is 9.59 Å². The smallest absolute Gasteiger partial charge is 0.232 e. The van der Waals surface area contributed by atoms with Gasteiger partial charge in [-0.1, -0.05) is 16.8 Å². The molecule has 2 aliphatic rings. The van der Waals surface area contributed by atoms with Gasteiger partial charge in [-0.3, -0.25) is 9.59 Å². The first-order chi connectivity index (χ1) is 12.6. The van der Waals surface area contributed by atoms with E-state index in [0.717, 1.165) is 19.3 Å². The lowest BCUT2D eigenvalue weighted by atomic mass is 9.95. The summed E-state index contributed by atoms with van der Waals surface area (Å²) in [6.45, 7) is 1.04. The maximum atomic E-state index is 12.7. The lowest BCUT2D eigenvalue weighted by Crippen LogP contribution is -2.33. The zero-order valence-corrected chi connectivity index (χ0v) is 15.4. The van der Waals surface area contributed by atoms with E-state index < -0.39 is 0 Å². The third kappa shape index (κ3) is 4.12. The van der Waals surface area contributed by atoms with Crippen LogP contribution in [0, 0.1) is 5.92 Å². The van der Waals surface area contributed by atoms with Crippen molar-refractivity contribution in [2.24, 2.45) is 5.92 Å². The van der Waals surface area contributed by atoms with Crippen molar-refractivity contribution in [3.8, 4) is 0 Å². The van der Waals surface area contributed by atoms with E-state index in [0.29, 0.717) is 31.2 Å². The number of carbonyl (C=O) groups is 2. The highest BCUT2D eigenvalue weighted by Gasteiger charge is 2.43. The van der Waals surface area contributed by atoms with Crippen molar-refractivity contribution in [2.75, 3.05) is 27.2 Å². The summed E-state index contributed by atoms with van der Waals surface area (Å²) in [5.41, 5.74) is 1.21. The Morgan fingerprint density at radius 3 is 2.92 bits per heavy atom. The molecular formula is C18H26N4O4. The second-order valence-corrected chi connectivity index (χ2v) is 6.89. The molecule has 0 radical (unpaired) electrons. The minimum atomic E-state index is -0.389. The Morgan fingerprint density at radius 1 is 1.38 bits per heavy atom. The van der Waals surface area contributed by atoms with E-state index in [-0.39, 0.29) is 30.3 Å². The second-order valence-electron chi connectivity index (χ2n) is 6.89. The number of methoxy groups -OCH3 is 1. The van der Waals surface area contributed by atoms with Gasteiger partial charge in [0.05, 0.1) is 11.8 Å². The Labute approximate surface area is 153 Å². The second kappa shape index (κ2) is 8.44. The fourth-order valence-electron chi connectivity index (χ4n) is 3.69. The number of carbonyl (C=O) groups excluding carboxylic acids is 2. The van der Waals surface area contributed by atoms with Gasteiger partial charge in [-0.05, 0) is 25.7 Å². The molecule has 1 aromatic rings. The van der Waals surface area contributed by atoms with Crippen LogP contribution in [0.4, 0.5) is 0 Å². The van der Waals surface area contributed by atoms with Crippen molar-refractivity contribution in [3.05, 3.63) is 23.4 Å². The summed E-state index contributed by atoms with van der Waals surface area (Å²) >= 11 is 0. The third-order valence-corrected chi connectivity index (χ3v) is 5.09. The van der Waals surface area contributed by atoms with Crippen molar-refractivity contribution in [3.63, 3.8) is 0 Å². The van der Waals surface area contributed by atoms with E-state index in [4.69, 9.17) is 9.26 Å². The van der Waals surface area contributed by atoms with Gasteiger partial charge in [0.1, 0.15) is 6.61 Å². The third-order valence-electron chi connectivity index (χ3n) is 5.09. The molecule has 8 nitrogen and oxygen atoms in total. The highest BCUT2D eigenvalue weighted by Crippen LogP contribution is 2.33. The number of ether oxygens (including phenoxy) is 1. The standard InChI is InChI=1S/C18H26N4O4/c1-19-17(24)13-9-22(16(23)8-12-6-4-3-5-7-12)10-14(13)18-20-15(11-25-2)21-26-18/h6,13-14H,3-5,7-11H2,1-2H3,(H,19,24). The van der Waals surface area contributed by atoms with Gasteiger partial charge in [0.25, 0.3) is 0 Å². The van der Waals surface area contributed by atoms with Gasteiger partial charge in [-0.2, -0.15) is 4.98 Å². The van der Waals surface area contributed by atoms with Gasteiger partial charge < -0.3 is 19.5 Å². The van der Waals surface area contributed by atoms with Crippen LogP contribution < -0.4 is 5.32 Å². The average molecular weight is 362 g/mol. The van der Waals surface area contributed by atoms with Crippen LogP contribution in [0.3, 0.4) is 0 Å². The summed E-state index contributed by atoms with van der Waals surface area (Å²) in [5, 5.41) is 6.55. The number of hydrogen-bond donors (Lipinski definition) is 1. The molecule has 1 saturated heterocycles. The Kier molecular flexibility index (Phi) is 6.03. The molecule has 2 amide bonds. The van der Waals surface area contributed by atoms with Crippen LogP contribution in [0.5, 0.6) is 0 Å². The van der Waals surface area contributed by atoms with Crippen LogP contribution in [0.25, 0.3) is 0 Å². The zero-order valence-electron chi connectivity index (χ0n) is 15.4. The van der Waals surface area contributed by atoms with Crippen molar-refractivity contribution in [1.82, 2.24) is 20.4 Å². The minimum absolute atomic E-state index is 0.0613. The quantitative estimate of drug-likeness (QED) is 0.768. The number of hydrogen-bond acceptors (Lipinski definition) is 6. The number of likely N-dealkylation sites (tertiary alicyclic amines) is 1. The van der Waals surface area contributed by atoms with Gasteiger partial charge in [0.2, 0.25) is 17.7 Å². The lowest BCUT2D eigenvalue weighted by molar-refractivity contribution is -0.130. The summed E-state index contributed by atoms with van der Waals surface area (Å²) in [7, 11) is 3.15. The van der Waals surface area contributed by atoms with Crippen molar-refractivity contribution >= 4 is 11.8 Å². The molecule has 0 bridgehead atoms. The topological polar surface area (TPSA) is 97.6 Å². The Morgan fingerprint density at radius 2 is 2.23 bits per heavy atom. The van der Waals surface area contributed by atoms with E-state index in [1.54, 1.807) is 19.1 Å². The lowest BCUT2D eigenvalue weighted by Gasteiger charge is -2.18. The molecule has 2 heterocycles. The molecule has 1 aromatic heterocycles. The molecule has 142 valence electrons. The monoisotopic (exact) mass is 362 g/mol. The van der Waals surface area contributed by atoms with Crippen LogP contribution in [0.1, 0.15) is 49.7 Å². The van der Waals surface area contributed by atoms with E-state index in [1.807, 2.05) is 0 Å². The first-order valence-corrected chi connectivity index (χ1v) is 9.11. The van der Waals surface area contributed by atoms with E-state index in [2.05, 4.69) is 21.5 Å². The number of aromatic nitrogens is 2. The summed E-state index contributed by atoms with van der Waals surface area (Å²) in [6, 6.07) is 0. The summed E-state index contributed by atoms with van der Waals surface area (Å²) in [5.74, 6) is 0.0884. The van der Waals surface area contributed by atoms with Crippen LogP contribution in [0.2, 0.25) is 0 Å². The molecule has 0 aromatic carbocycles. The molecule has 8 heteroatoms. The number of nitrogens with zero attached hydrogens (tertiary/aromatic N) is 3. The largest absolute Gasteiger partial charge is 0.377 e. The summed E-state index contributed by atoms with van der Waals surface area (Å²) < 4.78 is 10.3. The molecule has 26 heavy (non-hydrogen) atoms. The fourth-order valence-corrected chi connectivity index (χ4v) is 3.69. The molecule has 1 fully saturated rings. The maximum absolute atomic E-state index is 12.7. The van der Waals surface area contributed by atoms with Crippen LogP contribution in [0.15, 0.2) is 16.2 Å². The maximum Gasteiger partial charge on any atom is 0.232 e. The molecular weight excluding hydrogens is 336 g/mol. The Balaban J connectivity index is 1.72. The van der Waals surface area contributed by atoms with Crippen LogP contribution in [-0.4, -0.2) is 54.1 Å². The highest BCUT2D eigenvalue weighted by molar-refractivity contribution is 5.83. The number of rotatable bonds is 6. The van der Waals surface area contributed by atoms with Crippen molar-refractivity contribution in [2.45, 2.75) is 44.6 Å². The van der Waals surface area contributed by atoms with E-state index >= 15 is 0 Å². The number of allylic oxidation sites excluding steroid dienone is 1. The molecule has 1 N–H and O–H groups in total. The summed E-state index contributed by atoms with van der Waals surface area (Å²) in [6.07, 6.45) is 7.00.